The number of ether oxygens (including phenoxy) is 3. The molecule has 3 aliphatic rings. The summed E-state index contributed by atoms with van der Waals surface area (Å²) in [5.41, 5.74) is 0. The van der Waals surface area contributed by atoms with E-state index in [1.807, 2.05) is 13.8 Å². The molecular weight excluding hydrogens is 172 g/mol. The molecule has 4 nitrogen and oxygen atoms in total. The summed E-state index contributed by atoms with van der Waals surface area (Å²) in [6.07, 6.45) is 0.362. The Kier molecular flexibility index (Phi) is 1.42. The van der Waals surface area contributed by atoms with Gasteiger partial charge in [-0.3, -0.25) is 0 Å². The van der Waals surface area contributed by atoms with Crippen molar-refractivity contribution < 1.29 is 19.3 Å². The summed E-state index contributed by atoms with van der Waals surface area (Å²) in [6.45, 7) is 3.76. The Labute approximate surface area is 76.8 Å². The third-order valence-corrected chi connectivity index (χ3v) is 2.98. The largest absolute Gasteiger partial charge is 0.387 e. The average molecular weight is 186 g/mol. The van der Waals surface area contributed by atoms with Crippen molar-refractivity contribution in [1.29, 1.82) is 0 Å². The van der Waals surface area contributed by atoms with E-state index < -0.39 is 11.9 Å². The van der Waals surface area contributed by atoms with Gasteiger partial charge < -0.3 is 19.3 Å². The quantitative estimate of drug-likeness (QED) is 0.543. The van der Waals surface area contributed by atoms with Gasteiger partial charge in [0.05, 0.1) is 12.2 Å². The monoisotopic (exact) mass is 186 g/mol. The van der Waals surface area contributed by atoms with Crippen molar-refractivity contribution in [3.63, 3.8) is 0 Å². The Balaban J connectivity index is 1.82. The summed E-state index contributed by atoms with van der Waals surface area (Å²) in [4.78, 5) is 0. The van der Waals surface area contributed by atoms with Gasteiger partial charge in [0.25, 0.3) is 0 Å². The van der Waals surface area contributed by atoms with Crippen molar-refractivity contribution in [1.82, 2.24) is 0 Å². The highest BCUT2D eigenvalue weighted by molar-refractivity contribution is 5.06. The van der Waals surface area contributed by atoms with Crippen LogP contribution in [0.3, 0.4) is 0 Å². The average Bonchev–Trinajstić information content (AvgIpc) is 2.69. The Hall–Kier alpha value is -0.160. The first kappa shape index (κ1) is 8.17. The molecule has 3 fully saturated rings. The number of rotatable bonds is 0. The van der Waals surface area contributed by atoms with Gasteiger partial charge in [0.1, 0.15) is 18.3 Å². The summed E-state index contributed by atoms with van der Waals surface area (Å²) in [6, 6.07) is 0. The molecule has 5 atom stereocenters. The van der Waals surface area contributed by atoms with Crippen LogP contribution in [-0.4, -0.2) is 41.4 Å². The van der Waals surface area contributed by atoms with Gasteiger partial charge in [-0.05, 0) is 13.8 Å². The van der Waals surface area contributed by atoms with Gasteiger partial charge in [-0.2, -0.15) is 0 Å². The van der Waals surface area contributed by atoms with Crippen LogP contribution in [0.4, 0.5) is 0 Å². The summed E-state index contributed by atoms with van der Waals surface area (Å²) in [5, 5.41) is 9.79. The first-order valence-corrected chi connectivity index (χ1v) is 4.76. The van der Waals surface area contributed by atoms with Crippen LogP contribution in [0, 0.1) is 0 Å². The van der Waals surface area contributed by atoms with Crippen molar-refractivity contribution in [2.24, 2.45) is 0 Å². The topological polar surface area (TPSA) is 51.2 Å². The first-order valence-electron chi connectivity index (χ1n) is 4.76. The zero-order chi connectivity index (χ0) is 9.22. The van der Waals surface area contributed by atoms with Crippen molar-refractivity contribution in [3.8, 4) is 0 Å². The Morgan fingerprint density at radius 2 is 1.92 bits per heavy atom. The van der Waals surface area contributed by atoms with Crippen LogP contribution in [0.2, 0.25) is 0 Å². The van der Waals surface area contributed by atoms with Crippen molar-refractivity contribution >= 4 is 0 Å². The summed E-state index contributed by atoms with van der Waals surface area (Å²) in [5.74, 6) is -0.549. The van der Waals surface area contributed by atoms with E-state index in [1.54, 1.807) is 0 Å². The molecule has 2 aliphatic heterocycles. The lowest BCUT2D eigenvalue weighted by molar-refractivity contribution is -0.155. The molecule has 2 saturated heterocycles. The van der Waals surface area contributed by atoms with Gasteiger partial charge in [0.2, 0.25) is 0 Å². The molecule has 0 amide bonds. The molecule has 0 radical (unpaired) electrons. The summed E-state index contributed by atoms with van der Waals surface area (Å²) < 4.78 is 16.6. The van der Waals surface area contributed by atoms with Gasteiger partial charge in [0, 0.05) is 6.42 Å². The third-order valence-electron chi connectivity index (χ3n) is 2.98. The minimum atomic E-state index is -0.549. The maximum atomic E-state index is 9.79. The molecule has 0 bridgehead atoms. The number of fused-ring (bicyclic) bond motifs is 2. The smallest absolute Gasteiger partial charge is 0.163 e. The Bertz CT molecular complexity index is 240. The van der Waals surface area contributed by atoms with Crippen molar-refractivity contribution in [3.05, 3.63) is 0 Å². The van der Waals surface area contributed by atoms with E-state index in [9.17, 15) is 5.11 Å². The van der Waals surface area contributed by atoms with E-state index in [4.69, 9.17) is 14.2 Å². The lowest BCUT2D eigenvalue weighted by Crippen LogP contribution is -2.44. The standard InChI is InChI=1S/C9H14O4/c1-9(2)12-5-3-4-7(11-4)6(10)8(5)13-9/h4-8,10H,3H2,1-2H3/t4-,5-,6-,7-,8-/m0/s1. The SMILES string of the molecule is CC1(C)O[C@@H]2[C@@H](O)[C@H]3O[C@H]3C[C@@H]2O1. The van der Waals surface area contributed by atoms with Crippen LogP contribution in [0.15, 0.2) is 0 Å². The molecule has 13 heavy (non-hydrogen) atoms. The third kappa shape index (κ3) is 1.13. The van der Waals surface area contributed by atoms with Gasteiger partial charge >= 0.3 is 0 Å². The molecule has 2 heterocycles. The van der Waals surface area contributed by atoms with Gasteiger partial charge in [-0.15, -0.1) is 0 Å². The summed E-state index contributed by atoms with van der Waals surface area (Å²) in [7, 11) is 0. The van der Waals surface area contributed by atoms with Gasteiger partial charge in [0.15, 0.2) is 5.79 Å². The number of aliphatic hydroxyl groups excluding tert-OH is 1. The number of hydrogen-bond acceptors (Lipinski definition) is 4. The molecule has 0 aromatic rings. The van der Waals surface area contributed by atoms with Crippen molar-refractivity contribution in [2.45, 2.75) is 56.6 Å². The molecule has 0 aromatic carbocycles. The van der Waals surface area contributed by atoms with E-state index in [0.717, 1.165) is 6.42 Å². The van der Waals surface area contributed by atoms with Gasteiger partial charge in [-0.1, -0.05) is 0 Å². The molecule has 0 spiro atoms. The zero-order valence-electron chi connectivity index (χ0n) is 7.77. The Morgan fingerprint density at radius 3 is 2.69 bits per heavy atom. The number of epoxide rings is 1. The zero-order valence-corrected chi connectivity index (χ0v) is 7.77. The van der Waals surface area contributed by atoms with Crippen LogP contribution in [0.1, 0.15) is 20.3 Å². The fraction of sp³-hybridized carbons (Fsp3) is 1.00. The van der Waals surface area contributed by atoms with Crippen LogP contribution in [0.5, 0.6) is 0 Å². The lowest BCUT2D eigenvalue weighted by Gasteiger charge is -2.23. The highest BCUT2D eigenvalue weighted by Gasteiger charge is 2.60. The second-order valence-electron chi connectivity index (χ2n) is 4.50. The first-order chi connectivity index (χ1) is 6.07. The molecule has 0 aromatic heterocycles. The second-order valence-corrected chi connectivity index (χ2v) is 4.50. The molecule has 1 aliphatic carbocycles. The van der Waals surface area contributed by atoms with Gasteiger partial charge in [-0.25, -0.2) is 0 Å². The van der Waals surface area contributed by atoms with E-state index in [2.05, 4.69) is 0 Å². The highest BCUT2D eigenvalue weighted by Crippen LogP contribution is 2.44. The predicted octanol–water partition coefficient (Wildman–Crippen LogP) is 0.0385. The van der Waals surface area contributed by atoms with Crippen LogP contribution in [-0.2, 0) is 14.2 Å². The Morgan fingerprint density at radius 1 is 1.15 bits per heavy atom. The summed E-state index contributed by atoms with van der Waals surface area (Å²) >= 11 is 0. The maximum absolute atomic E-state index is 9.79. The second kappa shape index (κ2) is 2.25. The van der Waals surface area contributed by atoms with E-state index in [1.165, 1.54) is 0 Å². The van der Waals surface area contributed by atoms with Crippen LogP contribution in [0.25, 0.3) is 0 Å². The molecule has 0 unspecified atom stereocenters. The number of hydrogen-bond donors (Lipinski definition) is 1. The minimum Gasteiger partial charge on any atom is -0.387 e. The molecule has 3 rings (SSSR count). The molecule has 1 N–H and O–H groups in total. The van der Waals surface area contributed by atoms with E-state index in [0.29, 0.717) is 0 Å². The van der Waals surface area contributed by atoms with Crippen LogP contribution >= 0.6 is 0 Å². The maximum Gasteiger partial charge on any atom is 0.163 e. The van der Waals surface area contributed by atoms with E-state index >= 15 is 0 Å². The fourth-order valence-corrected chi connectivity index (χ4v) is 2.40. The van der Waals surface area contributed by atoms with Crippen molar-refractivity contribution in [2.75, 3.05) is 0 Å². The lowest BCUT2D eigenvalue weighted by atomic mass is 9.92. The normalized spacial score (nSPS) is 57.0. The molecule has 74 valence electrons. The highest BCUT2D eigenvalue weighted by atomic mass is 16.8. The number of aliphatic hydroxyl groups is 1. The molecule has 4 heteroatoms. The molecular formula is C9H14O4. The van der Waals surface area contributed by atoms with Crippen LogP contribution < -0.4 is 0 Å². The predicted molar refractivity (Wildman–Crippen MR) is 43.1 cm³/mol. The molecule has 1 saturated carbocycles. The van der Waals surface area contributed by atoms with E-state index in [-0.39, 0.29) is 24.4 Å². The minimum absolute atomic E-state index is 0.00116. The fourth-order valence-electron chi connectivity index (χ4n) is 2.40.